The summed E-state index contributed by atoms with van der Waals surface area (Å²) in [5.41, 5.74) is 0.115. The molecule has 0 aliphatic carbocycles. The van der Waals surface area contributed by atoms with Crippen LogP contribution in [0.25, 0.3) is 0 Å². The minimum atomic E-state index is -0.546. The van der Waals surface area contributed by atoms with Gasteiger partial charge in [-0.2, -0.15) is 0 Å². The number of nitrogens with zero attached hydrogens (tertiary/aromatic N) is 4. The van der Waals surface area contributed by atoms with Crippen LogP contribution < -0.4 is 11.2 Å². The third kappa shape index (κ3) is 4.88. The van der Waals surface area contributed by atoms with Gasteiger partial charge in [0, 0.05) is 25.3 Å². The van der Waals surface area contributed by atoms with Crippen LogP contribution in [0.4, 0.5) is 0 Å². The molecule has 11 nitrogen and oxygen atoms in total. The number of nitrogens with one attached hydrogen (secondary N) is 1. The summed E-state index contributed by atoms with van der Waals surface area (Å²) in [4.78, 5) is 41.1. The fraction of sp³-hybridized carbons (Fsp3) is 0.562. The number of methoxy groups -OCH3 is 1. The number of ether oxygens (including phenoxy) is 2. The molecule has 1 N–H and O–H groups in total. The highest BCUT2D eigenvalue weighted by atomic mass is 32.2. The average molecular weight is 411 g/mol. The maximum Gasteiger partial charge on any atom is 0.329 e. The molecule has 3 rings (SSSR count). The Bertz CT molecular complexity index is 946. The normalized spacial score (nSPS) is 14.9. The van der Waals surface area contributed by atoms with Crippen molar-refractivity contribution in [1.82, 2.24) is 24.6 Å². The van der Waals surface area contributed by atoms with E-state index in [1.54, 1.807) is 6.92 Å². The van der Waals surface area contributed by atoms with E-state index in [-0.39, 0.29) is 23.4 Å². The number of aromatic nitrogens is 4. The maximum atomic E-state index is 12.9. The summed E-state index contributed by atoms with van der Waals surface area (Å²) >= 11 is 1.02. The van der Waals surface area contributed by atoms with Gasteiger partial charge in [0.05, 0.1) is 25.9 Å². The number of esters is 1. The molecule has 2 aromatic rings. The van der Waals surface area contributed by atoms with Crippen molar-refractivity contribution in [2.45, 2.75) is 25.2 Å². The first-order chi connectivity index (χ1) is 13.5. The van der Waals surface area contributed by atoms with Crippen molar-refractivity contribution in [3.8, 4) is 0 Å². The lowest BCUT2D eigenvalue weighted by molar-refractivity contribution is -0.137. The van der Waals surface area contributed by atoms with Crippen LogP contribution in [-0.4, -0.2) is 69.8 Å². The molecule has 1 saturated heterocycles. The van der Waals surface area contributed by atoms with Gasteiger partial charge >= 0.3 is 11.7 Å². The average Bonchev–Trinajstić information content (AvgIpc) is 3.15. The number of carbonyl (C=O) groups excluding carboxylic acids is 1. The first kappa shape index (κ1) is 20.3. The molecule has 0 atom stereocenters. The third-order valence-electron chi connectivity index (χ3n) is 4.26. The van der Waals surface area contributed by atoms with Gasteiger partial charge in [-0.05, 0) is 6.92 Å². The van der Waals surface area contributed by atoms with Crippen LogP contribution in [0.3, 0.4) is 0 Å². The molecule has 0 spiro atoms. The molecule has 0 saturated carbocycles. The number of morpholine rings is 1. The van der Waals surface area contributed by atoms with Crippen molar-refractivity contribution in [2.24, 2.45) is 0 Å². The fourth-order valence-corrected chi connectivity index (χ4v) is 3.32. The number of carbonyl (C=O) groups is 1. The van der Waals surface area contributed by atoms with E-state index in [1.165, 1.54) is 7.11 Å². The minimum absolute atomic E-state index is 0.0207. The molecule has 0 amide bonds. The summed E-state index contributed by atoms with van der Waals surface area (Å²) in [5.74, 6) is -0.308. The Hall–Kier alpha value is -2.44. The van der Waals surface area contributed by atoms with Crippen molar-refractivity contribution in [1.29, 1.82) is 0 Å². The zero-order valence-electron chi connectivity index (χ0n) is 15.6. The predicted molar refractivity (Wildman–Crippen MR) is 98.3 cm³/mol. The van der Waals surface area contributed by atoms with E-state index in [0.29, 0.717) is 31.0 Å². The largest absolute Gasteiger partial charge is 0.468 e. The monoisotopic (exact) mass is 411 g/mol. The summed E-state index contributed by atoms with van der Waals surface area (Å²) in [6.07, 6.45) is 0. The van der Waals surface area contributed by atoms with E-state index in [9.17, 15) is 14.4 Å². The lowest BCUT2D eigenvalue weighted by Crippen LogP contribution is -2.42. The van der Waals surface area contributed by atoms with Gasteiger partial charge in [0.25, 0.3) is 10.8 Å². The van der Waals surface area contributed by atoms with Crippen LogP contribution in [-0.2, 0) is 27.4 Å². The number of aromatic amines is 1. The number of rotatable bonds is 7. The Morgan fingerprint density at radius 2 is 2.00 bits per heavy atom. The fourth-order valence-electron chi connectivity index (χ4n) is 2.71. The van der Waals surface area contributed by atoms with E-state index in [1.807, 2.05) is 0 Å². The Kier molecular flexibility index (Phi) is 6.65. The minimum Gasteiger partial charge on any atom is -0.468 e. The zero-order valence-corrected chi connectivity index (χ0v) is 16.4. The van der Waals surface area contributed by atoms with Gasteiger partial charge in [0.15, 0.2) is 0 Å². The number of hydrogen-bond donors (Lipinski definition) is 1. The molecule has 28 heavy (non-hydrogen) atoms. The van der Waals surface area contributed by atoms with Crippen LogP contribution in [0.2, 0.25) is 0 Å². The molecule has 1 fully saturated rings. The number of thioether (sulfide) groups is 1. The lowest BCUT2D eigenvalue weighted by atomic mass is 10.2. The van der Waals surface area contributed by atoms with E-state index in [2.05, 4.69) is 24.8 Å². The SMILES string of the molecule is COC(=O)CSc1nnc(Cn2c(=O)[nH]c(C)c(CN3CCOCC3)c2=O)o1. The molecule has 0 unspecified atom stereocenters. The van der Waals surface area contributed by atoms with Crippen LogP contribution in [0, 0.1) is 6.92 Å². The van der Waals surface area contributed by atoms with E-state index >= 15 is 0 Å². The Labute approximate surface area is 164 Å². The smallest absolute Gasteiger partial charge is 0.329 e. The van der Waals surface area contributed by atoms with E-state index < -0.39 is 17.2 Å². The summed E-state index contributed by atoms with van der Waals surface area (Å²) < 4.78 is 16.3. The number of aryl methyl sites for hydroxylation is 1. The van der Waals surface area contributed by atoms with Crippen molar-refractivity contribution in [2.75, 3.05) is 39.2 Å². The standard InChI is InChI=1S/C16H21N5O6S/c1-10-11(7-20-3-5-26-6-4-20)14(23)21(15(24)17-10)8-12-18-19-16(27-12)28-9-13(22)25-2/h3-9H2,1-2H3,(H,17,24). The van der Waals surface area contributed by atoms with Crippen LogP contribution in [0.15, 0.2) is 19.2 Å². The topological polar surface area (TPSA) is 133 Å². The Morgan fingerprint density at radius 1 is 1.25 bits per heavy atom. The summed E-state index contributed by atoms with van der Waals surface area (Å²) in [6.45, 7) is 4.66. The molecule has 0 radical (unpaired) electrons. The molecule has 2 aromatic heterocycles. The van der Waals surface area contributed by atoms with Crippen molar-refractivity contribution in [3.63, 3.8) is 0 Å². The molecule has 0 bridgehead atoms. The number of hydrogen-bond acceptors (Lipinski definition) is 10. The predicted octanol–water partition coefficient (Wildman–Crippen LogP) is -0.626. The number of H-pyrrole nitrogens is 1. The van der Waals surface area contributed by atoms with Crippen LogP contribution in [0.5, 0.6) is 0 Å². The Morgan fingerprint density at radius 3 is 2.71 bits per heavy atom. The quantitative estimate of drug-likeness (QED) is 0.464. The van der Waals surface area contributed by atoms with Gasteiger partial charge in [-0.25, -0.2) is 4.79 Å². The zero-order chi connectivity index (χ0) is 20.1. The first-order valence-corrected chi connectivity index (χ1v) is 9.61. The van der Waals surface area contributed by atoms with Gasteiger partial charge in [-0.1, -0.05) is 11.8 Å². The second-order valence-corrected chi connectivity index (χ2v) is 7.07. The van der Waals surface area contributed by atoms with Crippen LogP contribution >= 0.6 is 11.8 Å². The highest BCUT2D eigenvalue weighted by Crippen LogP contribution is 2.16. The first-order valence-electron chi connectivity index (χ1n) is 8.62. The second kappa shape index (κ2) is 9.17. The molecule has 1 aliphatic rings. The summed E-state index contributed by atoms with van der Waals surface area (Å²) in [5, 5.41) is 7.79. The molecular formula is C16H21N5O6S. The summed E-state index contributed by atoms with van der Waals surface area (Å²) in [6, 6.07) is 0. The second-order valence-electron chi connectivity index (χ2n) is 6.14. The van der Waals surface area contributed by atoms with Crippen molar-refractivity contribution < 1.29 is 18.7 Å². The van der Waals surface area contributed by atoms with Gasteiger partial charge in [-0.15, -0.1) is 10.2 Å². The van der Waals surface area contributed by atoms with E-state index in [4.69, 9.17) is 9.15 Å². The summed E-state index contributed by atoms with van der Waals surface area (Å²) in [7, 11) is 1.28. The molecule has 0 aromatic carbocycles. The highest BCUT2D eigenvalue weighted by Gasteiger charge is 2.19. The molecular weight excluding hydrogens is 390 g/mol. The molecule has 152 valence electrons. The van der Waals surface area contributed by atoms with Crippen molar-refractivity contribution in [3.05, 3.63) is 38.0 Å². The molecule has 12 heteroatoms. The third-order valence-corrected chi connectivity index (χ3v) is 5.06. The lowest BCUT2D eigenvalue weighted by Gasteiger charge is -2.26. The highest BCUT2D eigenvalue weighted by molar-refractivity contribution is 7.99. The maximum absolute atomic E-state index is 12.9. The Balaban J connectivity index is 1.77. The van der Waals surface area contributed by atoms with Crippen LogP contribution in [0.1, 0.15) is 17.1 Å². The molecule has 1 aliphatic heterocycles. The van der Waals surface area contributed by atoms with Crippen molar-refractivity contribution >= 4 is 17.7 Å². The van der Waals surface area contributed by atoms with Gasteiger partial charge < -0.3 is 18.9 Å². The van der Waals surface area contributed by atoms with E-state index in [0.717, 1.165) is 29.4 Å². The molecule has 3 heterocycles. The van der Waals surface area contributed by atoms with Gasteiger partial charge in [0.1, 0.15) is 12.3 Å². The van der Waals surface area contributed by atoms with Gasteiger partial charge in [0.2, 0.25) is 5.89 Å². The van der Waals surface area contributed by atoms with Gasteiger partial charge in [-0.3, -0.25) is 19.1 Å².